The molecule has 0 spiro atoms. The fourth-order valence-electron chi connectivity index (χ4n) is 3.14. The van der Waals surface area contributed by atoms with Crippen LogP contribution in [0, 0.1) is 0 Å². The Morgan fingerprint density at radius 2 is 1.94 bits per heavy atom. The van der Waals surface area contributed by atoms with Gasteiger partial charge in [-0.15, -0.1) is 0 Å². The zero-order chi connectivity index (χ0) is 13.0. The maximum absolute atomic E-state index is 5.73. The van der Waals surface area contributed by atoms with E-state index in [-0.39, 0.29) is 5.54 Å². The van der Waals surface area contributed by atoms with Gasteiger partial charge >= 0.3 is 0 Å². The summed E-state index contributed by atoms with van der Waals surface area (Å²) in [6.07, 6.45) is 1.55. The number of nitrogens with zero attached hydrogens (tertiary/aromatic N) is 2. The summed E-state index contributed by atoms with van der Waals surface area (Å²) >= 11 is 0. The second kappa shape index (κ2) is 6.33. The van der Waals surface area contributed by atoms with Crippen molar-refractivity contribution in [2.24, 2.45) is 0 Å². The lowest BCUT2D eigenvalue weighted by Crippen LogP contribution is -2.58. The van der Waals surface area contributed by atoms with Gasteiger partial charge in [-0.25, -0.2) is 0 Å². The van der Waals surface area contributed by atoms with E-state index in [0.717, 1.165) is 32.8 Å². The lowest BCUT2D eigenvalue weighted by molar-refractivity contribution is 0.0408. The Kier molecular flexibility index (Phi) is 5.01. The number of hydrogen-bond donors (Lipinski definition) is 1. The van der Waals surface area contributed by atoms with E-state index in [1.165, 1.54) is 26.1 Å². The van der Waals surface area contributed by atoms with Crippen molar-refractivity contribution in [2.75, 3.05) is 52.4 Å². The predicted molar refractivity (Wildman–Crippen MR) is 75.0 cm³/mol. The summed E-state index contributed by atoms with van der Waals surface area (Å²) in [6.45, 7) is 15.9. The second-order valence-electron chi connectivity index (χ2n) is 6.32. The van der Waals surface area contributed by atoms with Crippen LogP contribution in [0.3, 0.4) is 0 Å². The molecule has 0 aromatic rings. The molecule has 0 saturated carbocycles. The molecule has 2 aliphatic heterocycles. The fourth-order valence-corrected chi connectivity index (χ4v) is 3.14. The SMILES string of the molecule is CC1CN(CC(C)(C)N2CCNCC2)CCCO1. The van der Waals surface area contributed by atoms with Crippen molar-refractivity contribution in [1.82, 2.24) is 15.1 Å². The van der Waals surface area contributed by atoms with Crippen molar-refractivity contribution in [1.29, 1.82) is 0 Å². The van der Waals surface area contributed by atoms with Crippen molar-refractivity contribution in [3.8, 4) is 0 Å². The molecule has 0 aromatic carbocycles. The molecule has 0 aliphatic carbocycles. The summed E-state index contributed by atoms with van der Waals surface area (Å²) in [4.78, 5) is 5.21. The van der Waals surface area contributed by atoms with Gasteiger partial charge in [-0.3, -0.25) is 9.80 Å². The lowest BCUT2D eigenvalue weighted by atomic mass is 10.0. The van der Waals surface area contributed by atoms with Gasteiger partial charge in [0.1, 0.15) is 0 Å². The zero-order valence-electron chi connectivity index (χ0n) is 12.2. The van der Waals surface area contributed by atoms with Gasteiger partial charge in [0.15, 0.2) is 0 Å². The molecule has 18 heavy (non-hydrogen) atoms. The third-order valence-electron chi connectivity index (χ3n) is 4.12. The number of hydrogen-bond acceptors (Lipinski definition) is 4. The van der Waals surface area contributed by atoms with Crippen molar-refractivity contribution in [2.45, 2.75) is 38.8 Å². The Balaban J connectivity index is 1.88. The monoisotopic (exact) mass is 255 g/mol. The summed E-state index contributed by atoms with van der Waals surface area (Å²) in [5, 5.41) is 3.43. The van der Waals surface area contributed by atoms with E-state index in [1.54, 1.807) is 0 Å². The minimum atomic E-state index is 0.270. The number of rotatable bonds is 3. The van der Waals surface area contributed by atoms with Crippen molar-refractivity contribution < 1.29 is 4.74 Å². The third kappa shape index (κ3) is 3.92. The average Bonchev–Trinajstić information content (AvgIpc) is 2.54. The van der Waals surface area contributed by atoms with Gasteiger partial charge in [-0.05, 0) is 27.2 Å². The summed E-state index contributed by atoms with van der Waals surface area (Å²) in [7, 11) is 0. The number of nitrogens with one attached hydrogen (secondary N) is 1. The first-order chi connectivity index (χ1) is 8.58. The largest absolute Gasteiger partial charge is 0.377 e. The third-order valence-corrected chi connectivity index (χ3v) is 4.12. The smallest absolute Gasteiger partial charge is 0.0673 e. The van der Waals surface area contributed by atoms with Crippen LogP contribution in [0.4, 0.5) is 0 Å². The topological polar surface area (TPSA) is 27.7 Å². The molecule has 0 amide bonds. The van der Waals surface area contributed by atoms with Crippen LogP contribution in [0.5, 0.6) is 0 Å². The first-order valence-corrected chi connectivity index (χ1v) is 7.38. The fraction of sp³-hybridized carbons (Fsp3) is 1.00. The standard InChI is InChI=1S/C14H29N3O/c1-13-11-16(7-4-10-18-13)12-14(2,3)17-8-5-15-6-9-17/h13,15H,4-12H2,1-3H3. The van der Waals surface area contributed by atoms with Crippen LogP contribution in [-0.2, 0) is 4.74 Å². The van der Waals surface area contributed by atoms with Gasteiger partial charge < -0.3 is 10.1 Å². The van der Waals surface area contributed by atoms with Crippen LogP contribution < -0.4 is 5.32 Å². The Labute approximate surface area is 112 Å². The molecule has 1 unspecified atom stereocenters. The molecular formula is C14H29N3O. The molecule has 4 nitrogen and oxygen atoms in total. The van der Waals surface area contributed by atoms with E-state index >= 15 is 0 Å². The summed E-state index contributed by atoms with van der Waals surface area (Å²) in [5.74, 6) is 0. The molecule has 2 rings (SSSR count). The first-order valence-electron chi connectivity index (χ1n) is 7.38. The summed E-state index contributed by atoms with van der Waals surface area (Å²) in [5.41, 5.74) is 0.270. The van der Waals surface area contributed by atoms with Crippen LogP contribution in [-0.4, -0.2) is 73.9 Å². The molecule has 106 valence electrons. The molecule has 0 radical (unpaired) electrons. The van der Waals surface area contributed by atoms with Gasteiger partial charge in [0.05, 0.1) is 6.10 Å². The highest BCUT2D eigenvalue weighted by molar-refractivity contribution is 4.88. The van der Waals surface area contributed by atoms with E-state index in [4.69, 9.17) is 4.74 Å². The molecule has 0 aromatic heterocycles. The van der Waals surface area contributed by atoms with Gasteiger partial charge in [0, 0.05) is 58.0 Å². The highest BCUT2D eigenvalue weighted by Crippen LogP contribution is 2.18. The van der Waals surface area contributed by atoms with E-state index in [0.29, 0.717) is 6.10 Å². The number of piperazine rings is 1. The molecule has 1 atom stereocenters. The maximum atomic E-state index is 5.73. The lowest BCUT2D eigenvalue weighted by Gasteiger charge is -2.44. The molecule has 2 fully saturated rings. The van der Waals surface area contributed by atoms with Crippen molar-refractivity contribution in [3.63, 3.8) is 0 Å². The van der Waals surface area contributed by atoms with Gasteiger partial charge in [-0.2, -0.15) is 0 Å². The maximum Gasteiger partial charge on any atom is 0.0673 e. The van der Waals surface area contributed by atoms with Crippen LogP contribution >= 0.6 is 0 Å². The summed E-state index contributed by atoms with van der Waals surface area (Å²) in [6, 6.07) is 0. The predicted octanol–water partition coefficient (Wildman–Crippen LogP) is 0.781. The average molecular weight is 255 g/mol. The van der Waals surface area contributed by atoms with E-state index < -0.39 is 0 Å². The van der Waals surface area contributed by atoms with Gasteiger partial charge in [0.2, 0.25) is 0 Å². The van der Waals surface area contributed by atoms with Gasteiger partial charge in [0.25, 0.3) is 0 Å². The minimum absolute atomic E-state index is 0.270. The van der Waals surface area contributed by atoms with E-state index in [2.05, 4.69) is 35.9 Å². The molecule has 1 N–H and O–H groups in total. The van der Waals surface area contributed by atoms with E-state index in [9.17, 15) is 0 Å². The van der Waals surface area contributed by atoms with Gasteiger partial charge in [-0.1, -0.05) is 0 Å². The minimum Gasteiger partial charge on any atom is -0.377 e. The van der Waals surface area contributed by atoms with Crippen LogP contribution in [0.15, 0.2) is 0 Å². The van der Waals surface area contributed by atoms with Crippen LogP contribution in [0.1, 0.15) is 27.2 Å². The second-order valence-corrected chi connectivity index (χ2v) is 6.32. The highest BCUT2D eigenvalue weighted by Gasteiger charge is 2.30. The normalized spacial score (nSPS) is 29.2. The van der Waals surface area contributed by atoms with Crippen LogP contribution in [0.2, 0.25) is 0 Å². The molecular weight excluding hydrogens is 226 g/mol. The molecule has 0 bridgehead atoms. The Hall–Kier alpha value is -0.160. The molecule has 2 heterocycles. The van der Waals surface area contributed by atoms with Crippen molar-refractivity contribution in [3.05, 3.63) is 0 Å². The van der Waals surface area contributed by atoms with Crippen molar-refractivity contribution >= 4 is 0 Å². The summed E-state index contributed by atoms with van der Waals surface area (Å²) < 4.78 is 5.73. The Morgan fingerprint density at radius 1 is 1.22 bits per heavy atom. The zero-order valence-corrected chi connectivity index (χ0v) is 12.2. The quantitative estimate of drug-likeness (QED) is 0.806. The Bertz CT molecular complexity index is 251. The number of ether oxygens (including phenoxy) is 1. The first kappa shape index (κ1) is 14.3. The Morgan fingerprint density at radius 3 is 2.67 bits per heavy atom. The molecule has 4 heteroatoms. The van der Waals surface area contributed by atoms with Crippen LogP contribution in [0.25, 0.3) is 0 Å². The molecule has 2 saturated heterocycles. The molecule has 2 aliphatic rings. The van der Waals surface area contributed by atoms with E-state index in [1.807, 2.05) is 0 Å². The highest BCUT2D eigenvalue weighted by atomic mass is 16.5.